The van der Waals surface area contributed by atoms with Crippen molar-refractivity contribution in [3.8, 4) is 0 Å². The molecule has 2 heterocycles. The lowest BCUT2D eigenvalue weighted by atomic mass is 9.87. The van der Waals surface area contributed by atoms with Crippen LogP contribution in [0, 0.1) is 5.92 Å². The quantitative estimate of drug-likeness (QED) is 0.871. The van der Waals surface area contributed by atoms with Crippen molar-refractivity contribution in [2.45, 2.75) is 76.7 Å². The average Bonchev–Trinajstić information content (AvgIpc) is 3.12. The second kappa shape index (κ2) is 8.12. The summed E-state index contributed by atoms with van der Waals surface area (Å²) in [6, 6.07) is 2.47. The van der Waals surface area contributed by atoms with Gasteiger partial charge < -0.3 is 10.2 Å². The number of hydrogen-bond acceptors (Lipinski definition) is 3. The highest BCUT2D eigenvalue weighted by atomic mass is 32.1. The largest absolute Gasteiger partial charge is 0.353 e. The van der Waals surface area contributed by atoms with Crippen molar-refractivity contribution in [2.75, 3.05) is 13.1 Å². The van der Waals surface area contributed by atoms with E-state index in [2.05, 4.69) is 11.4 Å². The van der Waals surface area contributed by atoms with Gasteiger partial charge in [-0.25, -0.2) is 0 Å². The number of nitrogens with zero attached hydrogens (tertiary/aromatic N) is 1. The molecule has 1 aromatic rings. The third-order valence-corrected chi connectivity index (χ3v) is 7.48. The molecule has 0 aromatic carbocycles. The lowest BCUT2D eigenvalue weighted by Gasteiger charge is -2.27. The zero-order valence-corrected chi connectivity index (χ0v) is 16.4. The number of nitrogens with one attached hydrogen (secondary N) is 1. The predicted octanol–water partition coefficient (Wildman–Crippen LogP) is 3.93. The van der Waals surface area contributed by atoms with Gasteiger partial charge in [-0.05, 0) is 63.0 Å². The predicted molar refractivity (Wildman–Crippen MR) is 105 cm³/mol. The number of hydrogen-bond donors (Lipinski definition) is 1. The Morgan fingerprint density at radius 1 is 1.00 bits per heavy atom. The minimum atomic E-state index is 0.0805. The number of thiophene rings is 1. The van der Waals surface area contributed by atoms with E-state index in [1.54, 1.807) is 11.3 Å². The molecule has 2 amide bonds. The molecular formula is C21H30N2O2S. The van der Waals surface area contributed by atoms with E-state index >= 15 is 0 Å². The van der Waals surface area contributed by atoms with Gasteiger partial charge in [0.05, 0.1) is 4.88 Å². The fourth-order valence-corrected chi connectivity index (χ4v) is 5.85. The van der Waals surface area contributed by atoms with Crippen molar-refractivity contribution in [1.82, 2.24) is 10.2 Å². The van der Waals surface area contributed by atoms with E-state index in [4.69, 9.17) is 0 Å². The van der Waals surface area contributed by atoms with Crippen molar-refractivity contribution in [3.63, 3.8) is 0 Å². The molecule has 3 aliphatic rings. The molecule has 1 N–H and O–H groups in total. The van der Waals surface area contributed by atoms with Gasteiger partial charge in [0.25, 0.3) is 5.91 Å². The fraction of sp³-hybridized carbons (Fsp3) is 0.714. The summed E-state index contributed by atoms with van der Waals surface area (Å²) >= 11 is 1.66. The van der Waals surface area contributed by atoms with Gasteiger partial charge in [0.1, 0.15) is 0 Å². The summed E-state index contributed by atoms with van der Waals surface area (Å²) in [4.78, 5) is 29.6. The highest BCUT2D eigenvalue weighted by Crippen LogP contribution is 2.33. The van der Waals surface area contributed by atoms with Crippen LogP contribution in [-0.4, -0.2) is 35.8 Å². The standard InChI is InChI=1S/C21H30N2O2S/c24-20(22-17-7-3-1-4-8-17)15-9-10-18-16(13-15)14-19(26-18)21(25)23-11-5-2-6-12-23/h14-15,17H,1-13H2,(H,22,24)/t15-/m1/s1. The number of fused-ring (bicyclic) bond motifs is 1. The van der Waals surface area contributed by atoms with Gasteiger partial charge >= 0.3 is 0 Å². The highest BCUT2D eigenvalue weighted by Gasteiger charge is 2.30. The molecule has 4 rings (SSSR count). The van der Waals surface area contributed by atoms with Crippen LogP contribution in [0.3, 0.4) is 0 Å². The SMILES string of the molecule is O=C(NC1CCCCC1)[C@@H]1CCc2sc(C(=O)N3CCCCC3)cc2C1. The van der Waals surface area contributed by atoms with E-state index in [9.17, 15) is 9.59 Å². The first-order valence-corrected chi connectivity index (χ1v) is 11.2. The first-order valence-electron chi connectivity index (χ1n) is 10.4. The normalized spacial score (nSPS) is 24.2. The molecule has 0 radical (unpaired) electrons. The number of carbonyl (C=O) groups excluding carboxylic acids is 2. The third-order valence-electron chi connectivity index (χ3n) is 6.26. The molecule has 1 aromatic heterocycles. The maximum absolute atomic E-state index is 12.8. The van der Waals surface area contributed by atoms with Gasteiger partial charge in [0.15, 0.2) is 0 Å². The first kappa shape index (κ1) is 18.0. The van der Waals surface area contributed by atoms with Crippen molar-refractivity contribution >= 4 is 23.2 Å². The van der Waals surface area contributed by atoms with Crippen LogP contribution in [-0.2, 0) is 17.6 Å². The lowest BCUT2D eigenvalue weighted by molar-refractivity contribution is -0.126. The molecule has 5 heteroatoms. The van der Waals surface area contributed by atoms with Crippen LogP contribution in [0.2, 0.25) is 0 Å². The minimum absolute atomic E-state index is 0.0805. The summed E-state index contributed by atoms with van der Waals surface area (Å²) in [7, 11) is 0. The van der Waals surface area contributed by atoms with Crippen molar-refractivity contribution in [1.29, 1.82) is 0 Å². The van der Waals surface area contributed by atoms with Crippen LogP contribution in [0.25, 0.3) is 0 Å². The van der Waals surface area contributed by atoms with Gasteiger partial charge in [-0.15, -0.1) is 11.3 Å². The summed E-state index contributed by atoms with van der Waals surface area (Å²) in [5.74, 6) is 0.516. The smallest absolute Gasteiger partial charge is 0.263 e. The molecule has 0 unspecified atom stereocenters. The van der Waals surface area contributed by atoms with Crippen molar-refractivity contribution in [3.05, 3.63) is 21.4 Å². The highest BCUT2D eigenvalue weighted by molar-refractivity contribution is 7.14. The molecule has 4 nitrogen and oxygen atoms in total. The maximum Gasteiger partial charge on any atom is 0.263 e. The van der Waals surface area contributed by atoms with Crippen LogP contribution >= 0.6 is 11.3 Å². The Labute approximate surface area is 160 Å². The summed E-state index contributed by atoms with van der Waals surface area (Å²) < 4.78 is 0. The second-order valence-corrected chi connectivity index (χ2v) is 9.33. The number of piperidine rings is 1. The number of aryl methyl sites for hydroxylation is 1. The zero-order valence-electron chi connectivity index (χ0n) is 15.6. The van der Waals surface area contributed by atoms with Crippen LogP contribution in [0.15, 0.2) is 6.07 Å². The summed E-state index contributed by atoms with van der Waals surface area (Å²) in [6.45, 7) is 1.79. The molecule has 142 valence electrons. The lowest BCUT2D eigenvalue weighted by Crippen LogP contribution is -2.41. The topological polar surface area (TPSA) is 49.4 Å². The van der Waals surface area contributed by atoms with E-state index in [1.165, 1.54) is 36.1 Å². The Kier molecular flexibility index (Phi) is 5.63. The zero-order chi connectivity index (χ0) is 17.9. The Morgan fingerprint density at radius 3 is 2.50 bits per heavy atom. The Morgan fingerprint density at radius 2 is 1.73 bits per heavy atom. The fourth-order valence-electron chi connectivity index (χ4n) is 4.67. The van der Waals surface area contributed by atoms with E-state index in [-0.39, 0.29) is 17.7 Å². The number of rotatable bonds is 3. The van der Waals surface area contributed by atoms with Gasteiger partial charge in [-0.1, -0.05) is 19.3 Å². The molecule has 0 spiro atoms. The van der Waals surface area contributed by atoms with Gasteiger partial charge in [-0.2, -0.15) is 0 Å². The van der Waals surface area contributed by atoms with E-state index in [1.807, 2.05) is 4.90 Å². The third kappa shape index (κ3) is 3.98. The van der Waals surface area contributed by atoms with Gasteiger partial charge in [-0.3, -0.25) is 9.59 Å². The van der Waals surface area contributed by atoms with Crippen LogP contribution < -0.4 is 5.32 Å². The number of carbonyl (C=O) groups is 2. The van der Waals surface area contributed by atoms with Gasteiger partial charge in [0.2, 0.25) is 5.91 Å². The molecular weight excluding hydrogens is 344 g/mol. The monoisotopic (exact) mass is 374 g/mol. The van der Waals surface area contributed by atoms with E-state index in [0.29, 0.717) is 6.04 Å². The summed E-state index contributed by atoms with van der Waals surface area (Å²) in [5.41, 5.74) is 1.24. The van der Waals surface area contributed by atoms with Gasteiger partial charge in [0, 0.05) is 29.9 Å². The van der Waals surface area contributed by atoms with E-state index < -0.39 is 0 Å². The van der Waals surface area contributed by atoms with Crippen molar-refractivity contribution in [2.24, 2.45) is 5.92 Å². The molecule has 2 fully saturated rings. The van der Waals surface area contributed by atoms with Crippen LogP contribution in [0.1, 0.15) is 77.9 Å². The molecule has 2 aliphatic carbocycles. The Bertz CT molecular complexity index is 657. The molecule has 26 heavy (non-hydrogen) atoms. The average molecular weight is 375 g/mol. The molecule has 1 saturated heterocycles. The minimum Gasteiger partial charge on any atom is -0.353 e. The second-order valence-electron chi connectivity index (χ2n) is 8.20. The Balaban J connectivity index is 1.38. The summed E-state index contributed by atoms with van der Waals surface area (Å²) in [5, 5.41) is 3.29. The first-order chi connectivity index (χ1) is 12.7. The van der Waals surface area contributed by atoms with Crippen LogP contribution in [0.5, 0.6) is 0 Å². The molecule has 1 aliphatic heterocycles. The molecule has 1 atom stereocenters. The number of likely N-dealkylation sites (tertiary alicyclic amines) is 1. The molecule has 1 saturated carbocycles. The Hall–Kier alpha value is -1.36. The maximum atomic E-state index is 12.8. The summed E-state index contributed by atoms with van der Waals surface area (Å²) in [6.07, 6.45) is 12.2. The van der Waals surface area contributed by atoms with Crippen LogP contribution in [0.4, 0.5) is 0 Å². The molecule has 0 bridgehead atoms. The number of amides is 2. The van der Waals surface area contributed by atoms with E-state index in [0.717, 1.165) is 62.9 Å². The van der Waals surface area contributed by atoms with Crippen molar-refractivity contribution < 1.29 is 9.59 Å².